The fourth-order valence-corrected chi connectivity index (χ4v) is 6.43. The molecule has 3 aliphatic carbocycles. The third kappa shape index (κ3) is 3.47. The Balaban J connectivity index is 2.01. The van der Waals surface area contributed by atoms with Gasteiger partial charge in [-0.1, -0.05) is 0 Å². The van der Waals surface area contributed by atoms with Crippen molar-refractivity contribution in [2.24, 2.45) is 17.6 Å². The second kappa shape index (κ2) is 8.76. The molecule has 6 N–H and O–H groups in total. The molecule has 0 bridgehead atoms. The zero-order chi connectivity index (χ0) is 27.0. The molecule has 4 rings (SSSR count). The van der Waals surface area contributed by atoms with Crippen LogP contribution >= 0.6 is 0 Å². The van der Waals surface area contributed by atoms with Crippen molar-refractivity contribution >= 4 is 25.8 Å². The van der Waals surface area contributed by atoms with Gasteiger partial charge in [-0.15, -0.1) is 0 Å². The Labute approximate surface area is 226 Å². The number of ketones is 2. The topological polar surface area (TPSA) is 182 Å². The van der Waals surface area contributed by atoms with E-state index in [0.717, 1.165) is 0 Å². The first-order valence-corrected chi connectivity index (χ1v) is 12.6. The molecule has 36 heavy (non-hydrogen) atoms. The van der Waals surface area contributed by atoms with Crippen LogP contribution in [0.15, 0.2) is 28.7 Å². The Morgan fingerprint density at radius 3 is 2.25 bits per heavy atom. The van der Waals surface area contributed by atoms with Gasteiger partial charge in [-0.25, -0.2) is 0 Å². The van der Waals surface area contributed by atoms with Crippen molar-refractivity contribution in [1.82, 2.24) is 4.90 Å². The fourth-order valence-electron chi connectivity index (χ4n) is 5.89. The molecule has 0 aliphatic heterocycles. The number of anilines is 1. The number of benzene rings is 1. The number of Topliss-reactive ketones (excluding diaryl/α,β-unsaturated/α-hetero) is 2. The molecule has 0 heterocycles. The molecule has 0 saturated carbocycles. The normalized spacial score (nSPS) is 27.5. The summed E-state index contributed by atoms with van der Waals surface area (Å²) < 4.78 is -0.345. The van der Waals surface area contributed by atoms with Crippen LogP contribution in [-0.4, -0.2) is 85.2 Å². The summed E-state index contributed by atoms with van der Waals surface area (Å²) in [6.07, 6.45) is 0.158. The molecule has 0 radical (unpaired) electrons. The van der Waals surface area contributed by atoms with E-state index >= 15 is 0 Å². The summed E-state index contributed by atoms with van der Waals surface area (Å²) in [5.74, 6) is -7.22. The summed E-state index contributed by atoms with van der Waals surface area (Å²) in [6, 6.07) is 0.477. The number of aliphatic hydroxyl groups is 3. The fraction of sp³-hybridized carbons (Fsp3) is 0.417. The first-order valence-electron chi connectivity index (χ1n) is 11.2. The molecular weight excluding hydrogens is 547 g/mol. The number of nitrogens with zero attached hydrogens (tertiary/aromatic N) is 2. The Bertz CT molecular complexity index is 1310. The summed E-state index contributed by atoms with van der Waals surface area (Å²) in [5.41, 5.74) is 2.35. The number of carbonyl (C=O) groups excluding carboxylic acids is 4. The maximum atomic E-state index is 13.8. The SMILES string of the molecule is CN(C)c1cc([C](=O)[Y])c(O)c2c1C[C@H]1C[C@H]3C(N(C)C)C(O)=C(C(N)=O)C(=O)[C@@]3(O)C(O)=C1C2=O. The minimum atomic E-state index is -2.70. The Kier molecular flexibility index (Phi) is 6.44. The van der Waals surface area contributed by atoms with Crippen molar-refractivity contribution in [3.05, 3.63) is 45.4 Å². The van der Waals surface area contributed by atoms with Crippen LogP contribution in [0.5, 0.6) is 5.75 Å². The number of aliphatic hydroxyl groups excluding tert-OH is 2. The summed E-state index contributed by atoms with van der Waals surface area (Å²) in [6.45, 7) is 0. The van der Waals surface area contributed by atoms with E-state index in [2.05, 4.69) is 0 Å². The third-order valence-electron chi connectivity index (χ3n) is 7.45. The molecule has 0 saturated heterocycles. The number of aromatic hydroxyl groups is 1. The number of nitrogens with two attached hydrogens (primary N) is 1. The molecule has 3 aliphatic rings. The molecule has 0 aromatic heterocycles. The zero-order valence-electron chi connectivity index (χ0n) is 20.2. The van der Waals surface area contributed by atoms with Crippen LogP contribution in [0.1, 0.15) is 32.7 Å². The number of hydrogen-bond donors (Lipinski definition) is 5. The van der Waals surface area contributed by atoms with Crippen LogP contribution in [0, 0.1) is 11.8 Å². The first-order chi connectivity index (χ1) is 16.7. The molecule has 0 fully saturated rings. The number of hydrogen-bond acceptors (Lipinski definition) is 10. The Morgan fingerprint density at radius 2 is 1.75 bits per heavy atom. The molecular formula is C24H26N3O8Y. The number of phenolic OH excluding ortho intramolecular Hbond substituents is 1. The second-order valence-corrected chi connectivity index (χ2v) is 11.2. The number of allylic oxidation sites excluding steroid dienone is 1. The van der Waals surface area contributed by atoms with E-state index in [-0.39, 0.29) is 63.1 Å². The van der Waals surface area contributed by atoms with Crippen molar-refractivity contribution in [3.8, 4) is 5.75 Å². The molecule has 0 spiro atoms. The summed E-state index contributed by atoms with van der Waals surface area (Å²) in [5, 5.41) is 44.6. The number of fused-ring (bicyclic) bond motifs is 3. The van der Waals surface area contributed by atoms with Gasteiger partial charge >= 0.3 is 228 Å². The summed E-state index contributed by atoms with van der Waals surface area (Å²) in [4.78, 5) is 54.6. The molecule has 1 aromatic carbocycles. The molecule has 4 atom stereocenters. The number of phenols is 1. The van der Waals surface area contributed by atoms with E-state index < -0.39 is 63.8 Å². The van der Waals surface area contributed by atoms with E-state index in [0.29, 0.717) is 11.3 Å². The van der Waals surface area contributed by atoms with Crippen molar-refractivity contribution in [1.29, 1.82) is 0 Å². The third-order valence-corrected chi connectivity index (χ3v) is 8.21. The predicted molar refractivity (Wildman–Crippen MR) is 122 cm³/mol. The monoisotopic (exact) mass is 573 g/mol. The van der Waals surface area contributed by atoms with E-state index in [9.17, 15) is 39.6 Å². The quantitative estimate of drug-likeness (QED) is 0.305. The van der Waals surface area contributed by atoms with Gasteiger partial charge in [0.25, 0.3) is 0 Å². The number of carbonyl (C=O) groups is 4. The van der Waals surface area contributed by atoms with Crippen molar-refractivity contribution < 1.29 is 70.6 Å². The maximum absolute atomic E-state index is 13.8. The van der Waals surface area contributed by atoms with Gasteiger partial charge in [0, 0.05) is 0 Å². The molecule has 12 heteroatoms. The molecule has 11 nitrogen and oxygen atoms in total. The van der Waals surface area contributed by atoms with Gasteiger partial charge in [-0.05, 0) is 0 Å². The molecule has 1 unspecified atom stereocenters. The van der Waals surface area contributed by atoms with Crippen LogP contribution in [0.25, 0.3) is 0 Å². The summed E-state index contributed by atoms with van der Waals surface area (Å²) in [7, 11) is 6.61. The number of likely N-dealkylation sites (N-methyl/N-ethyl adjacent to an activating group) is 1. The average molecular weight is 573 g/mol. The average Bonchev–Trinajstić information content (AvgIpc) is 2.75. The van der Waals surface area contributed by atoms with Crippen LogP contribution in [0.4, 0.5) is 5.69 Å². The Morgan fingerprint density at radius 1 is 1.14 bits per heavy atom. The van der Waals surface area contributed by atoms with Crippen molar-refractivity contribution in [2.45, 2.75) is 24.5 Å². The summed E-state index contributed by atoms with van der Waals surface area (Å²) >= 11 is 0.164. The van der Waals surface area contributed by atoms with Crippen LogP contribution in [0.2, 0.25) is 0 Å². The van der Waals surface area contributed by atoms with E-state index in [1.165, 1.54) is 11.0 Å². The zero-order valence-corrected chi connectivity index (χ0v) is 23.0. The van der Waals surface area contributed by atoms with Gasteiger partial charge in [-0.3, -0.25) is 0 Å². The van der Waals surface area contributed by atoms with Crippen molar-refractivity contribution in [3.63, 3.8) is 0 Å². The minimum absolute atomic E-state index is 0.000321. The number of primary amides is 1. The standard InChI is InChI=1S/C24H26N3O8.Y/c1-26(2)13-7-10(8-28)18(29)15-11(13)5-9-6-12-17(27(3)4)20(31)16(23(25)34)22(33)24(12,35)21(32)14(9)19(15)30;/h7,9,12,17,29,31-32,35H,5-6H2,1-4H3,(H2,25,34);/t9-,12-,17?,24-;/m0./s1. The number of amides is 1. The predicted octanol–water partition coefficient (Wildman–Crippen LogP) is -0.126. The van der Waals surface area contributed by atoms with Crippen LogP contribution < -0.4 is 10.6 Å². The van der Waals surface area contributed by atoms with E-state index in [1.54, 1.807) is 33.1 Å². The van der Waals surface area contributed by atoms with Gasteiger partial charge in [-0.2, -0.15) is 0 Å². The Hall–Kier alpha value is -2.60. The van der Waals surface area contributed by atoms with Gasteiger partial charge in [0.2, 0.25) is 0 Å². The van der Waals surface area contributed by atoms with Gasteiger partial charge < -0.3 is 0 Å². The van der Waals surface area contributed by atoms with Crippen molar-refractivity contribution in [2.75, 3.05) is 33.1 Å². The van der Waals surface area contributed by atoms with E-state index in [4.69, 9.17) is 5.73 Å². The van der Waals surface area contributed by atoms with Gasteiger partial charge in [0.1, 0.15) is 0 Å². The van der Waals surface area contributed by atoms with Crippen LogP contribution in [-0.2, 0) is 47.0 Å². The van der Waals surface area contributed by atoms with Gasteiger partial charge in [0.05, 0.1) is 0 Å². The molecule has 1 amide bonds. The number of rotatable bonds is 4. The van der Waals surface area contributed by atoms with E-state index in [1.807, 2.05) is 0 Å². The molecule has 1 aromatic rings. The first kappa shape index (κ1) is 26.5. The second-order valence-electron chi connectivity index (χ2n) is 9.87. The van der Waals surface area contributed by atoms with Crippen LogP contribution in [0.3, 0.4) is 0 Å². The van der Waals surface area contributed by atoms with Gasteiger partial charge in [0.15, 0.2) is 0 Å². The molecule has 188 valence electrons.